The van der Waals surface area contributed by atoms with E-state index in [9.17, 15) is 24.0 Å². The van der Waals surface area contributed by atoms with E-state index in [-0.39, 0.29) is 28.8 Å². The first-order valence-corrected chi connectivity index (χ1v) is 19.3. The second-order valence-corrected chi connectivity index (χ2v) is 15.7. The summed E-state index contributed by atoms with van der Waals surface area (Å²) < 4.78 is 6.73. The molecule has 0 amide bonds. The molecule has 9 aromatic rings. The predicted molar refractivity (Wildman–Crippen MR) is 217 cm³/mol. The number of hydrogen-bond donors (Lipinski definition) is 0. The van der Waals surface area contributed by atoms with Gasteiger partial charge in [-0.15, -0.1) is 32.9 Å². The van der Waals surface area contributed by atoms with Gasteiger partial charge in [0.15, 0.2) is 23.1 Å². The molecule has 0 unspecified atom stereocenters. The van der Waals surface area contributed by atoms with E-state index in [0.717, 1.165) is 31.9 Å². The summed E-state index contributed by atoms with van der Waals surface area (Å²) in [4.78, 5) is 78.4. The van der Waals surface area contributed by atoms with E-state index >= 15 is 0 Å². The van der Waals surface area contributed by atoms with Gasteiger partial charge in [-0.05, 0) is 63.5 Å². The van der Waals surface area contributed by atoms with Gasteiger partial charge in [-0.25, -0.2) is 14.8 Å². The van der Waals surface area contributed by atoms with Crippen LogP contribution >= 0.6 is 22.7 Å². The molecule has 0 N–H and O–H groups in total. The smallest absolute Gasteiger partial charge is 0.442 e. The number of ketones is 4. The zero-order chi connectivity index (χ0) is 38.5. The topological polar surface area (TPSA) is 151 Å². The summed E-state index contributed by atoms with van der Waals surface area (Å²) >= 11 is 2.44. The van der Waals surface area contributed by atoms with Crippen LogP contribution in [0, 0.1) is 0 Å². The first-order valence-electron chi connectivity index (χ1n) is 17.7. The van der Waals surface area contributed by atoms with Gasteiger partial charge in [0.2, 0.25) is 0 Å². The lowest BCUT2D eigenvalue weighted by atomic mass is 10.0. The SMILES string of the molecule is O=C1C(=Cc2nc3c4nn(C(=O)OCc5ccccc5)nc4c4nc(C=C5C(=O)c6cc7ccccc7cc6C5=O)sc4c3s2)C(=O)c2cc3ccccc3cc21. The van der Waals surface area contributed by atoms with Crippen LogP contribution in [0.5, 0.6) is 0 Å². The molecule has 0 saturated heterocycles. The van der Waals surface area contributed by atoms with Gasteiger partial charge in [0.05, 0.1) is 20.5 Å². The molecule has 0 atom stereocenters. The third-order valence-electron chi connectivity index (χ3n) is 10.2. The van der Waals surface area contributed by atoms with Crippen molar-refractivity contribution in [1.29, 1.82) is 0 Å². The van der Waals surface area contributed by atoms with Crippen molar-refractivity contribution in [3.8, 4) is 0 Å². The average molecular weight is 780 g/mol. The number of carbonyl (C=O) groups excluding carboxylic acids is 5. The fraction of sp³-hybridized carbons (Fsp3) is 0.0227. The van der Waals surface area contributed by atoms with Crippen molar-refractivity contribution in [3.05, 3.63) is 152 Å². The lowest BCUT2D eigenvalue weighted by Crippen LogP contribution is -2.16. The Balaban J connectivity index is 1.04. The van der Waals surface area contributed by atoms with E-state index in [1.54, 1.807) is 24.3 Å². The zero-order valence-electron chi connectivity index (χ0n) is 29.2. The van der Waals surface area contributed by atoms with Crippen LogP contribution in [0.1, 0.15) is 57.0 Å². The molecule has 0 radical (unpaired) electrons. The Kier molecular flexibility index (Phi) is 7.14. The molecule has 3 aromatic heterocycles. The Bertz CT molecular complexity index is 3100. The molecule has 6 aromatic carbocycles. The standard InChI is InChI=1S/C44H21N5O6S2/c50-38-26-14-22-10-4-5-11-23(22)15-27(26)39(51)30(38)18-32-45-36-34-35(48-49(47-34)44(54)55-20-21-8-2-1-3-9-21)37-43(42(36)56-32)57-33(46-37)19-31-40(52)28-16-24-12-6-7-13-25(24)17-29(28)41(31)53/h1-19H,20H2. The lowest BCUT2D eigenvalue weighted by molar-refractivity contribution is 0.0975. The van der Waals surface area contributed by atoms with E-state index in [1.165, 1.54) is 34.8 Å². The van der Waals surface area contributed by atoms with E-state index in [4.69, 9.17) is 14.7 Å². The van der Waals surface area contributed by atoms with Gasteiger partial charge in [0, 0.05) is 22.3 Å². The molecular weight excluding hydrogens is 759 g/mol. The van der Waals surface area contributed by atoms with Crippen molar-refractivity contribution in [2.75, 3.05) is 0 Å². The monoisotopic (exact) mass is 779 g/mol. The van der Waals surface area contributed by atoms with Crippen molar-refractivity contribution >= 4 is 117 Å². The molecule has 11 rings (SSSR count). The van der Waals surface area contributed by atoms with Gasteiger partial charge >= 0.3 is 6.09 Å². The fourth-order valence-corrected chi connectivity index (χ4v) is 9.59. The summed E-state index contributed by atoms with van der Waals surface area (Å²) in [6.45, 7) is -0.00869. The first kappa shape index (κ1) is 33.0. The third kappa shape index (κ3) is 5.13. The number of allylic oxidation sites excluding steroid dienone is 2. The number of aromatic nitrogens is 5. The molecule has 13 heteroatoms. The number of ether oxygens (including phenoxy) is 1. The third-order valence-corrected chi connectivity index (χ3v) is 12.4. The fourth-order valence-electron chi connectivity index (χ4n) is 7.44. The van der Waals surface area contributed by atoms with Gasteiger partial charge < -0.3 is 4.74 Å². The summed E-state index contributed by atoms with van der Waals surface area (Å²) in [7, 11) is 0. The number of nitrogens with zero attached hydrogens (tertiary/aromatic N) is 5. The minimum Gasteiger partial charge on any atom is -0.442 e. The molecule has 0 aliphatic heterocycles. The van der Waals surface area contributed by atoms with Crippen LogP contribution in [0.2, 0.25) is 0 Å². The largest absolute Gasteiger partial charge is 0.452 e. The highest BCUT2D eigenvalue weighted by atomic mass is 32.1. The molecule has 2 aliphatic rings. The normalized spacial score (nSPS) is 13.8. The lowest BCUT2D eigenvalue weighted by Gasteiger charge is -2.02. The molecule has 0 saturated carbocycles. The molecule has 3 heterocycles. The highest BCUT2D eigenvalue weighted by molar-refractivity contribution is 7.27. The number of Topliss-reactive ketones (excluding diaryl/α,β-unsaturated/α-hetero) is 4. The van der Waals surface area contributed by atoms with Crippen LogP contribution in [-0.2, 0) is 11.3 Å². The number of thiazole rings is 2. The molecular formula is C44H21N5O6S2. The Morgan fingerprint density at radius 3 is 1.33 bits per heavy atom. The van der Waals surface area contributed by atoms with E-state index in [1.807, 2.05) is 78.9 Å². The van der Waals surface area contributed by atoms with Gasteiger partial charge in [-0.1, -0.05) is 83.7 Å². The van der Waals surface area contributed by atoms with Crippen molar-refractivity contribution in [1.82, 2.24) is 25.0 Å². The van der Waals surface area contributed by atoms with Crippen LogP contribution in [0.25, 0.3) is 65.2 Å². The number of carbonyl (C=O) groups is 5. The minimum atomic E-state index is -0.828. The Labute approximate surface area is 328 Å². The van der Waals surface area contributed by atoms with Crippen LogP contribution in [0.3, 0.4) is 0 Å². The maximum Gasteiger partial charge on any atom is 0.452 e. The predicted octanol–water partition coefficient (Wildman–Crippen LogP) is 9.07. The number of benzene rings is 6. The Morgan fingerprint density at radius 1 is 0.544 bits per heavy atom. The van der Waals surface area contributed by atoms with Crippen LogP contribution in [-0.4, -0.2) is 54.2 Å². The maximum absolute atomic E-state index is 13.6. The second kappa shape index (κ2) is 12.3. The number of hydrogen-bond acceptors (Lipinski definition) is 12. The number of fused-ring (bicyclic) bond motifs is 10. The van der Waals surface area contributed by atoms with E-state index in [0.29, 0.717) is 52.7 Å². The summed E-state index contributed by atoms with van der Waals surface area (Å²) in [6, 6.07) is 31.2. The average Bonchev–Trinajstić information content (AvgIpc) is 4.05. The number of rotatable bonds is 4. The molecule has 0 fully saturated rings. The molecule has 57 heavy (non-hydrogen) atoms. The molecule has 0 spiro atoms. The molecule has 0 bridgehead atoms. The highest BCUT2D eigenvalue weighted by Gasteiger charge is 2.35. The minimum absolute atomic E-state index is 0.00869. The van der Waals surface area contributed by atoms with Gasteiger partial charge in [0.1, 0.15) is 38.7 Å². The first-order chi connectivity index (χ1) is 27.8. The van der Waals surface area contributed by atoms with Crippen molar-refractivity contribution < 1.29 is 28.7 Å². The second-order valence-electron chi connectivity index (χ2n) is 13.6. The zero-order valence-corrected chi connectivity index (χ0v) is 30.8. The molecule has 2 aliphatic carbocycles. The maximum atomic E-state index is 13.6. The summed E-state index contributed by atoms with van der Waals surface area (Å²) in [6.07, 6.45) is 2.14. The van der Waals surface area contributed by atoms with Gasteiger partial charge in [-0.3, -0.25) is 19.2 Å². The summed E-state index contributed by atoms with van der Waals surface area (Å²) in [5, 5.41) is 13.1. The van der Waals surface area contributed by atoms with Gasteiger partial charge in [-0.2, -0.15) is 0 Å². The quantitative estimate of drug-likeness (QED) is 0.125. The van der Waals surface area contributed by atoms with Crippen LogP contribution in [0.15, 0.2) is 114 Å². The molecule has 270 valence electrons. The van der Waals surface area contributed by atoms with E-state index in [2.05, 4.69) is 10.2 Å². The van der Waals surface area contributed by atoms with Crippen molar-refractivity contribution in [3.63, 3.8) is 0 Å². The van der Waals surface area contributed by atoms with Crippen LogP contribution < -0.4 is 0 Å². The summed E-state index contributed by atoms with van der Waals surface area (Å²) in [5.74, 6) is -1.58. The Morgan fingerprint density at radius 2 is 0.930 bits per heavy atom. The molecule has 11 nitrogen and oxygen atoms in total. The van der Waals surface area contributed by atoms with Crippen molar-refractivity contribution in [2.45, 2.75) is 6.61 Å². The van der Waals surface area contributed by atoms with E-state index < -0.39 is 29.2 Å². The van der Waals surface area contributed by atoms with Crippen molar-refractivity contribution in [2.24, 2.45) is 0 Å². The highest BCUT2D eigenvalue weighted by Crippen LogP contribution is 2.42. The van der Waals surface area contributed by atoms with Crippen LogP contribution in [0.4, 0.5) is 4.79 Å². The Hall–Kier alpha value is -7.35. The summed E-state index contributed by atoms with van der Waals surface area (Å²) in [5.41, 5.74) is 3.30. The van der Waals surface area contributed by atoms with Gasteiger partial charge in [0.25, 0.3) is 0 Å².